The highest BCUT2D eigenvalue weighted by molar-refractivity contribution is 6.02. The summed E-state index contributed by atoms with van der Waals surface area (Å²) in [5.41, 5.74) is 2.94. The van der Waals surface area contributed by atoms with Gasteiger partial charge >= 0.3 is 6.09 Å². The topological polar surface area (TPSA) is 93.2 Å². The SMILES string of the molecule is CC(C)(C)OC(=O)Nc1cnc(C(=O)Nc2ccc3c(c2)CCC3)cn1. The Hall–Kier alpha value is -2.96. The first-order valence-electron chi connectivity index (χ1n) is 8.55. The quantitative estimate of drug-likeness (QED) is 0.879. The monoisotopic (exact) mass is 354 g/mol. The van der Waals surface area contributed by atoms with Crippen LogP contribution in [-0.2, 0) is 17.6 Å². The van der Waals surface area contributed by atoms with E-state index < -0.39 is 11.7 Å². The number of fused-ring (bicyclic) bond motifs is 1. The van der Waals surface area contributed by atoms with Crippen molar-refractivity contribution in [2.75, 3.05) is 10.6 Å². The molecule has 7 nitrogen and oxygen atoms in total. The Morgan fingerprint density at radius 1 is 1.04 bits per heavy atom. The third kappa shape index (κ3) is 4.56. The van der Waals surface area contributed by atoms with Crippen molar-refractivity contribution in [2.24, 2.45) is 0 Å². The van der Waals surface area contributed by atoms with Gasteiger partial charge in [-0.05, 0) is 63.3 Å². The van der Waals surface area contributed by atoms with Crippen molar-refractivity contribution >= 4 is 23.5 Å². The van der Waals surface area contributed by atoms with Gasteiger partial charge in [-0.15, -0.1) is 0 Å². The summed E-state index contributed by atoms with van der Waals surface area (Å²) in [6.07, 6.45) is 5.31. The van der Waals surface area contributed by atoms with Gasteiger partial charge < -0.3 is 10.1 Å². The van der Waals surface area contributed by atoms with Gasteiger partial charge in [0.2, 0.25) is 0 Å². The van der Waals surface area contributed by atoms with Crippen molar-refractivity contribution < 1.29 is 14.3 Å². The third-order valence-electron chi connectivity index (χ3n) is 3.87. The number of benzene rings is 1. The molecule has 0 saturated carbocycles. The number of amides is 2. The highest BCUT2D eigenvalue weighted by atomic mass is 16.6. The molecular formula is C19H22N4O3. The Kier molecular flexibility index (Phi) is 4.88. The first-order valence-corrected chi connectivity index (χ1v) is 8.55. The lowest BCUT2D eigenvalue weighted by Crippen LogP contribution is -2.27. The molecule has 26 heavy (non-hydrogen) atoms. The zero-order chi connectivity index (χ0) is 18.7. The Labute approximate surface area is 152 Å². The van der Waals surface area contributed by atoms with E-state index in [1.165, 1.54) is 23.5 Å². The minimum Gasteiger partial charge on any atom is -0.444 e. The molecule has 2 N–H and O–H groups in total. The summed E-state index contributed by atoms with van der Waals surface area (Å²) in [5, 5.41) is 5.30. The molecule has 3 rings (SSSR count). The Bertz CT molecular complexity index is 826. The summed E-state index contributed by atoms with van der Waals surface area (Å²) < 4.78 is 5.14. The van der Waals surface area contributed by atoms with Gasteiger partial charge in [0.1, 0.15) is 11.3 Å². The van der Waals surface area contributed by atoms with Crippen LogP contribution >= 0.6 is 0 Å². The fourth-order valence-corrected chi connectivity index (χ4v) is 2.76. The number of aromatic nitrogens is 2. The normalized spacial score (nSPS) is 13.0. The van der Waals surface area contributed by atoms with Crippen LogP contribution in [0.4, 0.5) is 16.3 Å². The van der Waals surface area contributed by atoms with Crippen LogP contribution in [0.3, 0.4) is 0 Å². The Morgan fingerprint density at radius 2 is 1.81 bits per heavy atom. The van der Waals surface area contributed by atoms with Crippen molar-refractivity contribution in [1.82, 2.24) is 9.97 Å². The van der Waals surface area contributed by atoms with Gasteiger partial charge in [0.15, 0.2) is 5.82 Å². The average molecular weight is 354 g/mol. The molecule has 0 atom stereocenters. The highest BCUT2D eigenvalue weighted by Crippen LogP contribution is 2.25. The summed E-state index contributed by atoms with van der Waals surface area (Å²) in [6, 6.07) is 5.96. The van der Waals surface area contributed by atoms with E-state index in [9.17, 15) is 9.59 Å². The van der Waals surface area contributed by atoms with Crippen LogP contribution in [0.1, 0.15) is 48.8 Å². The van der Waals surface area contributed by atoms with Crippen LogP contribution in [0.25, 0.3) is 0 Å². The molecule has 0 unspecified atom stereocenters. The zero-order valence-corrected chi connectivity index (χ0v) is 15.1. The summed E-state index contributed by atoms with van der Waals surface area (Å²) in [5.74, 6) is -0.132. The number of hydrogen-bond acceptors (Lipinski definition) is 5. The predicted octanol–water partition coefficient (Wildman–Crippen LogP) is 3.56. The molecule has 0 spiro atoms. The van der Waals surface area contributed by atoms with Crippen LogP contribution in [0.2, 0.25) is 0 Å². The van der Waals surface area contributed by atoms with Gasteiger partial charge in [-0.1, -0.05) is 6.07 Å². The maximum absolute atomic E-state index is 12.3. The Balaban J connectivity index is 1.61. The first kappa shape index (κ1) is 17.8. The van der Waals surface area contributed by atoms with Gasteiger partial charge in [-0.25, -0.2) is 14.8 Å². The molecule has 0 aliphatic heterocycles. The zero-order valence-electron chi connectivity index (χ0n) is 15.1. The molecule has 1 aliphatic carbocycles. The predicted molar refractivity (Wildman–Crippen MR) is 98.3 cm³/mol. The number of carbonyl (C=O) groups is 2. The van der Waals surface area contributed by atoms with E-state index in [1.807, 2.05) is 12.1 Å². The maximum Gasteiger partial charge on any atom is 0.413 e. The molecule has 2 amide bonds. The number of carbonyl (C=O) groups excluding carboxylic acids is 2. The van der Waals surface area contributed by atoms with Crippen molar-refractivity contribution in [3.8, 4) is 0 Å². The number of nitrogens with zero attached hydrogens (tertiary/aromatic N) is 2. The first-order chi connectivity index (χ1) is 12.3. The molecule has 136 valence electrons. The van der Waals surface area contributed by atoms with E-state index in [4.69, 9.17) is 4.74 Å². The van der Waals surface area contributed by atoms with Gasteiger partial charge in [0, 0.05) is 5.69 Å². The van der Waals surface area contributed by atoms with Crippen molar-refractivity contribution in [3.05, 3.63) is 47.4 Å². The lowest BCUT2D eigenvalue weighted by molar-refractivity contribution is 0.0635. The largest absolute Gasteiger partial charge is 0.444 e. The maximum atomic E-state index is 12.3. The van der Waals surface area contributed by atoms with E-state index in [2.05, 4.69) is 26.7 Å². The smallest absolute Gasteiger partial charge is 0.413 e. The van der Waals surface area contributed by atoms with Gasteiger partial charge in [0.05, 0.1) is 12.4 Å². The molecule has 0 fully saturated rings. The second-order valence-corrected chi connectivity index (χ2v) is 7.20. The summed E-state index contributed by atoms with van der Waals surface area (Å²) in [4.78, 5) is 32.1. The molecule has 1 heterocycles. The van der Waals surface area contributed by atoms with Gasteiger partial charge in [0.25, 0.3) is 5.91 Å². The van der Waals surface area contributed by atoms with Crippen molar-refractivity contribution in [2.45, 2.75) is 45.6 Å². The van der Waals surface area contributed by atoms with E-state index in [-0.39, 0.29) is 17.4 Å². The second kappa shape index (κ2) is 7.11. The van der Waals surface area contributed by atoms with Crippen molar-refractivity contribution in [3.63, 3.8) is 0 Å². The van der Waals surface area contributed by atoms with E-state index >= 15 is 0 Å². The lowest BCUT2D eigenvalue weighted by atomic mass is 10.1. The standard InChI is InChI=1S/C19H22N4O3/c1-19(2,3)26-18(25)23-16-11-20-15(10-21-16)17(24)22-14-8-7-12-5-4-6-13(12)9-14/h7-11H,4-6H2,1-3H3,(H,22,24)(H,21,23,25). The minimum atomic E-state index is -0.623. The number of aryl methyl sites for hydroxylation is 2. The summed E-state index contributed by atoms with van der Waals surface area (Å²) in [7, 11) is 0. The molecule has 1 aliphatic rings. The lowest BCUT2D eigenvalue weighted by Gasteiger charge is -2.19. The fourth-order valence-electron chi connectivity index (χ4n) is 2.76. The van der Waals surface area contributed by atoms with Gasteiger partial charge in [-0.3, -0.25) is 10.1 Å². The van der Waals surface area contributed by atoms with Crippen molar-refractivity contribution in [1.29, 1.82) is 0 Å². The second-order valence-electron chi connectivity index (χ2n) is 7.20. The summed E-state index contributed by atoms with van der Waals surface area (Å²) >= 11 is 0. The van der Waals surface area contributed by atoms with E-state index in [0.29, 0.717) is 0 Å². The average Bonchev–Trinajstić information content (AvgIpc) is 3.01. The van der Waals surface area contributed by atoms with Crippen LogP contribution in [-0.4, -0.2) is 27.6 Å². The molecular weight excluding hydrogens is 332 g/mol. The molecule has 1 aromatic carbocycles. The Morgan fingerprint density at radius 3 is 2.50 bits per heavy atom. The highest BCUT2D eigenvalue weighted by Gasteiger charge is 2.17. The number of hydrogen-bond donors (Lipinski definition) is 2. The van der Waals surface area contributed by atoms with Crippen LogP contribution in [0.15, 0.2) is 30.6 Å². The van der Waals surface area contributed by atoms with Crippen LogP contribution < -0.4 is 10.6 Å². The summed E-state index contributed by atoms with van der Waals surface area (Å²) in [6.45, 7) is 5.31. The number of anilines is 2. The number of ether oxygens (including phenoxy) is 1. The van der Waals surface area contributed by atoms with E-state index in [0.717, 1.165) is 24.9 Å². The molecule has 0 bridgehead atoms. The van der Waals surface area contributed by atoms with Crippen LogP contribution in [0.5, 0.6) is 0 Å². The molecule has 1 aromatic heterocycles. The fraction of sp³-hybridized carbons (Fsp3) is 0.368. The molecule has 0 saturated heterocycles. The number of nitrogens with one attached hydrogen (secondary N) is 2. The molecule has 0 radical (unpaired) electrons. The van der Waals surface area contributed by atoms with Crippen LogP contribution in [0, 0.1) is 0 Å². The minimum absolute atomic E-state index is 0.167. The van der Waals surface area contributed by atoms with E-state index in [1.54, 1.807) is 20.8 Å². The third-order valence-corrected chi connectivity index (χ3v) is 3.87. The van der Waals surface area contributed by atoms with Gasteiger partial charge in [-0.2, -0.15) is 0 Å². The number of rotatable bonds is 3. The molecule has 7 heteroatoms. The molecule has 2 aromatic rings.